The van der Waals surface area contributed by atoms with Crippen LogP contribution in [0, 0.1) is 0 Å². The number of fused-ring (bicyclic) bond motifs is 1. The third kappa shape index (κ3) is 3.33. The van der Waals surface area contributed by atoms with Gasteiger partial charge < -0.3 is 14.0 Å². The van der Waals surface area contributed by atoms with Crippen LogP contribution in [-0.2, 0) is 10.6 Å². The lowest BCUT2D eigenvalue weighted by Gasteiger charge is -2.19. The number of nitrogens with zero attached hydrogens (tertiary/aromatic N) is 2. The molecule has 21 heavy (non-hydrogen) atoms. The predicted octanol–water partition coefficient (Wildman–Crippen LogP) is 4.16. The van der Waals surface area contributed by atoms with Gasteiger partial charge in [-0.2, -0.15) is 0 Å². The van der Waals surface area contributed by atoms with Gasteiger partial charge in [-0.3, -0.25) is 0 Å². The van der Waals surface area contributed by atoms with Crippen LogP contribution >= 0.6 is 11.6 Å². The zero-order chi connectivity index (χ0) is 15.2. The predicted molar refractivity (Wildman–Crippen MR) is 86.3 cm³/mol. The van der Waals surface area contributed by atoms with Crippen molar-refractivity contribution in [3.05, 3.63) is 24.0 Å². The maximum absolute atomic E-state index is 6.10. The summed E-state index contributed by atoms with van der Waals surface area (Å²) in [6, 6.07) is 6.26. The minimum atomic E-state index is 0.232. The van der Waals surface area contributed by atoms with Crippen LogP contribution in [0.4, 0.5) is 0 Å². The molecule has 2 aromatic rings. The van der Waals surface area contributed by atoms with Crippen LogP contribution in [0.2, 0.25) is 0 Å². The number of aromatic nitrogens is 2. The highest BCUT2D eigenvalue weighted by Crippen LogP contribution is 2.30. The van der Waals surface area contributed by atoms with Crippen molar-refractivity contribution < 1.29 is 9.47 Å². The molecule has 0 spiro atoms. The van der Waals surface area contributed by atoms with E-state index in [0.29, 0.717) is 19.1 Å². The van der Waals surface area contributed by atoms with E-state index in [2.05, 4.69) is 29.5 Å². The second kappa shape index (κ2) is 7.66. The van der Waals surface area contributed by atoms with E-state index in [4.69, 9.17) is 21.1 Å². The average molecular weight is 311 g/mol. The summed E-state index contributed by atoms with van der Waals surface area (Å²) in [6.45, 7) is 5.57. The minimum Gasteiger partial charge on any atom is -0.491 e. The van der Waals surface area contributed by atoms with Crippen LogP contribution in [-0.4, -0.2) is 29.9 Å². The summed E-state index contributed by atoms with van der Waals surface area (Å²) in [4.78, 5) is 4.69. The maximum Gasteiger partial charge on any atom is 0.147 e. The maximum atomic E-state index is 6.10. The molecule has 0 amide bonds. The molecule has 0 aliphatic carbocycles. The van der Waals surface area contributed by atoms with Crippen LogP contribution in [0.25, 0.3) is 11.0 Å². The van der Waals surface area contributed by atoms with Gasteiger partial charge in [0.05, 0.1) is 30.7 Å². The van der Waals surface area contributed by atoms with Crippen molar-refractivity contribution in [3.8, 4) is 5.75 Å². The van der Waals surface area contributed by atoms with Crippen molar-refractivity contribution in [3.63, 3.8) is 0 Å². The number of hydrogen-bond acceptors (Lipinski definition) is 3. The molecular weight excluding hydrogens is 288 g/mol. The Balaban J connectivity index is 2.53. The van der Waals surface area contributed by atoms with Gasteiger partial charge in [0.2, 0.25) is 0 Å². The summed E-state index contributed by atoms with van der Waals surface area (Å²) in [7, 11) is 1.72. The monoisotopic (exact) mass is 310 g/mol. The van der Waals surface area contributed by atoms with E-state index in [1.165, 1.54) is 0 Å². The van der Waals surface area contributed by atoms with E-state index in [0.717, 1.165) is 35.4 Å². The van der Waals surface area contributed by atoms with Crippen molar-refractivity contribution in [1.82, 2.24) is 9.55 Å². The van der Waals surface area contributed by atoms with Crippen molar-refractivity contribution in [2.24, 2.45) is 0 Å². The first-order chi connectivity index (χ1) is 10.3. The quantitative estimate of drug-likeness (QED) is 0.687. The van der Waals surface area contributed by atoms with E-state index in [1.54, 1.807) is 7.11 Å². The van der Waals surface area contributed by atoms with E-state index in [-0.39, 0.29) is 6.04 Å². The van der Waals surface area contributed by atoms with Crippen LogP contribution in [0.1, 0.15) is 38.6 Å². The molecule has 116 valence electrons. The first-order valence-corrected chi connectivity index (χ1v) is 7.97. The molecule has 0 bridgehead atoms. The van der Waals surface area contributed by atoms with E-state index in [9.17, 15) is 0 Å². The van der Waals surface area contributed by atoms with Crippen molar-refractivity contribution >= 4 is 22.6 Å². The number of hydrogen-bond donors (Lipinski definition) is 0. The van der Waals surface area contributed by atoms with Gasteiger partial charge in [0, 0.05) is 7.11 Å². The normalized spacial score (nSPS) is 12.8. The number of ether oxygens (including phenoxy) is 2. The Morgan fingerprint density at radius 3 is 2.76 bits per heavy atom. The van der Waals surface area contributed by atoms with Crippen molar-refractivity contribution in [2.45, 2.75) is 38.6 Å². The summed E-state index contributed by atoms with van der Waals surface area (Å²) >= 11 is 6.10. The van der Waals surface area contributed by atoms with Gasteiger partial charge in [-0.1, -0.05) is 19.9 Å². The molecule has 5 heteroatoms. The number of imidazole rings is 1. The molecule has 0 saturated carbocycles. The average Bonchev–Trinajstić information content (AvgIpc) is 2.89. The second-order valence-corrected chi connectivity index (χ2v) is 5.29. The fourth-order valence-electron chi connectivity index (χ4n) is 2.54. The summed E-state index contributed by atoms with van der Waals surface area (Å²) in [5.74, 6) is 2.07. The molecule has 1 aromatic carbocycles. The van der Waals surface area contributed by atoms with E-state index in [1.807, 2.05) is 12.1 Å². The summed E-state index contributed by atoms with van der Waals surface area (Å²) < 4.78 is 13.3. The lowest BCUT2D eigenvalue weighted by molar-refractivity contribution is 0.153. The molecule has 2 rings (SSSR count). The van der Waals surface area contributed by atoms with Gasteiger partial charge in [-0.05, 0) is 25.0 Å². The first kappa shape index (κ1) is 16.1. The molecule has 0 aliphatic rings. The summed E-state index contributed by atoms with van der Waals surface area (Å²) in [5, 5.41) is 0. The summed E-state index contributed by atoms with van der Waals surface area (Å²) in [6.07, 6.45) is 1.93. The zero-order valence-corrected chi connectivity index (χ0v) is 13.7. The number of rotatable bonds is 8. The van der Waals surface area contributed by atoms with Gasteiger partial charge in [0.25, 0.3) is 0 Å². The SMILES string of the molecule is CCCOc1cccc2c1nc(CCl)n2C(CC)COC. The largest absolute Gasteiger partial charge is 0.491 e. The van der Waals surface area contributed by atoms with Crippen LogP contribution < -0.4 is 4.74 Å². The molecule has 1 atom stereocenters. The Morgan fingerprint density at radius 2 is 2.14 bits per heavy atom. The van der Waals surface area contributed by atoms with Gasteiger partial charge >= 0.3 is 0 Å². The standard InChI is InChI=1S/C16H23ClN2O2/c1-4-9-21-14-8-6-7-13-16(14)18-15(10-17)19(13)12(5-2)11-20-3/h6-8,12H,4-5,9-11H2,1-3H3. The van der Waals surface area contributed by atoms with E-state index >= 15 is 0 Å². The highest BCUT2D eigenvalue weighted by Gasteiger charge is 2.19. The highest BCUT2D eigenvalue weighted by atomic mass is 35.5. The molecule has 0 radical (unpaired) electrons. The van der Waals surface area contributed by atoms with Gasteiger partial charge in [0.15, 0.2) is 0 Å². The lowest BCUT2D eigenvalue weighted by Crippen LogP contribution is -2.16. The number of halogens is 1. The number of benzene rings is 1. The number of methoxy groups -OCH3 is 1. The zero-order valence-electron chi connectivity index (χ0n) is 12.9. The van der Waals surface area contributed by atoms with Crippen LogP contribution in [0.15, 0.2) is 18.2 Å². The van der Waals surface area contributed by atoms with Gasteiger partial charge in [0.1, 0.15) is 17.1 Å². The Morgan fingerprint density at radius 1 is 1.33 bits per heavy atom. The second-order valence-electron chi connectivity index (χ2n) is 5.02. The van der Waals surface area contributed by atoms with Gasteiger partial charge in [-0.15, -0.1) is 11.6 Å². The number of para-hydroxylation sites is 1. The third-order valence-electron chi connectivity index (χ3n) is 3.53. The van der Waals surface area contributed by atoms with Crippen LogP contribution in [0.3, 0.4) is 0 Å². The molecule has 4 nitrogen and oxygen atoms in total. The Hall–Kier alpha value is -1.26. The fourth-order valence-corrected chi connectivity index (χ4v) is 2.73. The molecular formula is C16H23ClN2O2. The molecule has 0 saturated heterocycles. The lowest BCUT2D eigenvalue weighted by atomic mass is 10.2. The summed E-state index contributed by atoms with van der Waals surface area (Å²) in [5.41, 5.74) is 1.94. The number of alkyl halides is 1. The molecule has 0 aliphatic heterocycles. The Kier molecular flexibility index (Phi) is 5.88. The molecule has 1 unspecified atom stereocenters. The van der Waals surface area contributed by atoms with Gasteiger partial charge in [-0.25, -0.2) is 4.98 Å². The third-order valence-corrected chi connectivity index (χ3v) is 3.77. The van der Waals surface area contributed by atoms with Crippen LogP contribution in [0.5, 0.6) is 5.75 Å². The Bertz CT molecular complexity index is 583. The topological polar surface area (TPSA) is 36.3 Å². The van der Waals surface area contributed by atoms with E-state index < -0.39 is 0 Å². The molecule has 0 fully saturated rings. The van der Waals surface area contributed by atoms with Crippen molar-refractivity contribution in [2.75, 3.05) is 20.3 Å². The molecule has 0 N–H and O–H groups in total. The first-order valence-electron chi connectivity index (χ1n) is 7.44. The fraction of sp³-hybridized carbons (Fsp3) is 0.562. The van der Waals surface area contributed by atoms with Crippen molar-refractivity contribution in [1.29, 1.82) is 0 Å². The molecule has 1 heterocycles. The smallest absolute Gasteiger partial charge is 0.147 e. The molecule has 1 aromatic heterocycles. The Labute approximate surface area is 131 Å². The highest BCUT2D eigenvalue weighted by molar-refractivity contribution is 6.16. The minimum absolute atomic E-state index is 0.232.